The van der Waals surface area contributed by atoms with Crippen LogP contribution in [0.4, 0.5) is 0 Å². The molecule has 2 heteroatoms. The lowest BCUT2D eigenvalue weighted by Gasteiger charge is -2.20. The Hall–Kier alpha value is -0.470. The second-order valence-electron chi connectivity index (χ2n) is 4.09. The molecule has 0 aromatic heterocycles. The first-order valence-electron chi connectivity index (χ1n) is 5.55. The summed E-state index contributed by atoms with van der Waals surface area (Å²) < 4.78 is 0. The molecule has 0 spiro atoms. The van der Waals surface area contributed by atoms with Gasteiger partial charge in [-0.2, -0.15) is 0 Å². The molecule has 0 aliphatic heterocycles. The van der Waals surface area contributed by atoms with Gasteiger partial charge in [-0.1, -0.05) is 19.1 Å². The standard InChI is InChI=1S/C13H21NS/c1-5-15-13-8-6-12(7-9-13)10-14(4)11(2)3/h6-9,11H,5,10H2,1-4H3. The van der Waals surface area contributed by atoms with Crippen molar-refractivity contribution in [1.82, 2.24) is 4.90 Å². The minimum atomic E-state index is 0.606. The highest BCUT2D eigenvalue weighted by atomic mass is 32.2. The van der Waals surface area contributed by atoms with Crippen LogP contribution in [0.15, 0.2) is 29.2 Å². The molecule has 0 amide bonds. The molecule has 1 aromatic carbocycles. The normalized spacial score (nSPS) is 11.3. The van der Waals surface area contributed by atoms with Gasteiger partial charge in [0.15, 0.2) is 0 Å². The third-order valence-electron chi connectivity index (χ3n) is 2.55. The highest BCUT2D eigenvalue weighted by Crippen LogP contribution is 2.18. The molecular weight excluding hydrogens is 202 g/mol. The van der Waals surface area contributed by atoms with Crippen molar-refractivity contribution in [2.75, 3.05) is 12.8 Å². The highest BCUT2D eigenvalue weighted by Gasteiger charge is 2.03. The fourth-order valence-electron chi connectivity index (χ4n) is 1.33. The van der Waals surface area contributed by atoms with Crippen molar-refractivity contribution in [2.24, 2.45) is 0 Å². The first kappa shape index (κ1) is 12.6. The van der Waals surface area contributed by atoms with Crippen LogP contribution in [-0.2, 0) is 6.54 Å². The lowest BCUT2D eigenvalue weighted by molar-refractivity contribution is 0.266. The molecule has 15 heavy (non-hydrogen) atoms. The average Bonchev–Trinajstić information content (AvgIpc) is 2.21. The van der Waals surface area contributed by atoms with Gasteiger partial charge in [-0.3, -0.25) is 4.90 Å². The minimum Gasteiger partial charge on any atom is -0.300 e. The number of thioether (sulfide) groups is 1. The van der Waals surface area contributed by atoms with Crippen LogP contribution in [0.3, 0.4) is 0 Å². The molecule has 0 heterocycles. The predicted octanol–water partition coefficient (Wildman–Crippen LogP) is 3.64. The summed E-state index contributed by atoms with van der Waals surface area (Å²) in [7, 11) is 2.17. The monoisotopic (exact) mass is 223 g/mol. The Kier molecular flexibility index (Phi) is 5.20. The molecule has 1 aromatic rings. The number of hydrogen-bond donors (Lipinski definition) is 0. The van der Waals surface area contributed by atoms with Crippen molar-refractivity contribution in [2.45, 2.75) is 38.3 Å². The van der Waals surface area contributed by atoms with Crippen molar-refractivity contribution in [3.63, 3.8) is 0 Å². The molecule has 0 saturated heterocycles. The minimum absolute atomic E-state index is 0.606. The Labute approximate surface area is 97.9 Å². The molecule has 1 rings (SSSR count). The highest BCUT2D eigenvalue weighted by molar-refractivity contribution is 7.99. The second-order valence-corrected chi connectivity index (χ2v) is 5.42. The SMILES string of the molecule is CCSc1ccc(CN(C)C(C)C)cc1. The van der Waals surface area contributed by atoms with Crippen LogP contribution in [0.25, 0.3) is 0 Å². The van der Waals surface area contributed by atoms with Crippen LogP contribution in [-0.4, -0.2) is 23.7 Å². The van der Waals surface area contributed by atoms with Gasteiger partial charge in [-0.15, -0.1) is 11.8 Å². The number of hydrogen-bond acceptors (Lipinski definition) is 2. The third kappa shape index (κ3) is 4.27. The lowest BCUT2D eigenvalue weighted by Crippen LogP contribution is -2.25. The molecular formula is C13H21NS. The van der Waals surface area contributed by atoms with E-state index in [9.17, 15) is 0 Å². The fourth-order valence-corrected chi connectivity index (χ4v) is 1.99. The quantitative estimate of drug-likeness (QED) is 0.701. The maximum Gasteiger partial charge on any atom is 0.0233 e. The largest absolute Gasteiger partial charge is 0.300 e. The van der Waals surface area contributed by atoms with E-state index in [-0.39, 0.29) is 0 Å². The van der Waals surface area contributed by atoms with Gasteiger partial charge in [0.25, 0.3) is 0 Å². The Morgan fingerprint density at radius 3 is 2.27 bits per heavy atom. The zero-order valence-electron chi connectivity index (χ0n) is 10.2. The van der Waals surface area contributed by atoms with Crippen molar-refractivity contribution in [3.8, 4) is 0 Å². The molecule has 0 bridgehead atoms. The number of nitrogens with zero attached hydrogens (tertiary/aromatic N) is 1. The molecule has 0 unspecified atom stereocenters. The second kappa shape index (κ2) is 6.19. The smallest absolute Gasteiger partial charge is 0.0233 e. The summed E-state index contributed by atoms with van der Waals surface area (Å²) in [5.74, 6) is 1.14. The van der Waals surface area contributed by atoms with E-state index in [0.29, 0.717) is 6.04 Å². The van der Waals surface area contributed by atoms with Gasteiger partial charge >= 0.3 is 0 Å². The Balaban J connectivity index is 2.56. The maximum absolute atomic E-state index is 2.35. The molecule has 0 fully saturated rings. The molecule has 0 saturated carbocycles. The topological polar surface area (TPSA) is 3.24 Å². The van der Waals surface area contributed by atoms with Crippen molar-refractivity contribution in [1.29, 1.82) is 0 Å². The Bertz CT molecular complexity index is 279. The summed E-state index contributed by atoms with van der Waals surface area (Å²) in [5.41, 5.74) is 1.40. The number of benzene rings is 1. The lowest BCUT2D eigenvalue weighted by atomic mass is 10.2. The molecule has 0 aliphatic carbocycles. The van der Waals surface area contributed by atoms with E-state index in [2.05, 4.69) is 57.0 Å². The van der Waals surface area contributed by atoms with Gasteiger partial charge in [-0.25, -0.2) is 0 Å². The van der Waals surface area contributed by atoms with E-state index in [1.165, 1.54) is 10.5 Å². The summed E-state index contributed by atoms with van der Waals surface area (Å²) in [6.45, 7) is 7.67. The Morgan fingerprint density at radius 1 is 1.20 bits per heavy atom. The van der Waals surface area contributed by atoms with E-state index in [4.69, 9.17) is 0 Å². The zero-order chi connectivity index (χ0) is 11.3. The number of rotatable bonds is 5. The van der Waals surface area contributed by atoms with E-state index in [1.54, 1.807) is 0 Å². The Morgan fingerprint density at radius 2 is 1.80 bits per heavy atom. The summed E-state index contributed by atoms with van der Waals surface area (Å²) in [5, 5.41) is 0. The van der Waals surface area contributed by atoms with Crippen LogP contribution in [0, 0.1) is 0 Å². The summed E-state index contributed by atoms with van der Waals surface area (Å²) in [4.78, 5) is 3.72. The zero-order valence-corrected chi connectivity index (χ0v) is 11.0. The van der Waals surface area contributed by atoms with Gasteiger partial charge in [0.1, 0.15) is 0 Å². The first-order valence-corrected chi connectivity index (χ1v) is 6.54. The van der Waals surface area contributed by atoms with E-state index in [0.717, 1.165) is 12.3 Å². The molecule has 0 atom stereocenters. The molecule has 0 N–H and O–H groups in total. The van der Waals surface area contributed by atoms with E-state index < -0.39 is 0 Å². The van der Waals surface area contributed by atoms with E-state index in [1.807, 2.05) is 11.8 Å². The summed E-state index contributed by atoms with van der Waals surface area (Å²) in [6.07, 6.45) is 0. The first-order chi connectivity index (χ1) is 7.13. The van der Waals surface area contributed by atoms with Gasteiger partial charge in [0.2, 0.25) is 0 Å². The van der Waals surface area contributed by atoms with Gasteiger partial charge in [-0.05, 0) is 44.3 Å². The van der Waals surface area contributed by atoms with Crippen molar-refractivity contribution >= 4 is 11.8 Å². The van der Waals surface area contributed by atoms with Crippen LogP contribution in [0.2, 0.25) is 0 Å². The van der Waals surface area contributed by atoms with Gasteiger partial charge < -0.3 is 0 Å². The summed E-state index contributed by atoms with van der Waals surface area (Å²) >= 11 is 1.90. The molecule has 0 aliphatic rings. The van der Waals surface area contributed by atoms with E-state index >= 15 is 0 Å². The van der Waals surface area contributed by atoms with Gasteiger partial charge in [0.05, 0.1) is 0 Å². The fraction of sp³-hybridized carbons (Fsp3) is 0.538. The van der Waals surface area contributed by atoms with Crippen LogP contribution in [0.5, 0.6) is 0 Å². The molecule has 1 nitrogen and oxygen atoms in total. The van der Waals surface area contributed by atoms with Crippen molar-refractivity contribution in [3.05, 3.63) is 29.8 Å². The van der Waals surface area contributed by atoms with Crippen LogP contribution < -0.4 is 0 Å². The average molecular weight is 223 g/mol. The van der Waals surface area contributed by atoms with Crippen LogP contribution in [0.1, 0.15) is 26.3 Å². The van der Waals surface area contributed by atoms with Gasteiger partial charge in [0, 0.05) is 17.5 Å². The third-order valence-corrected chi connectivity index (χ3v) is 3.44. The summed E-state index contributed by atoms with van der Waals surface area (Å²) in [6, 6.07) is 9.51. The maximum atomic E-state index is 2.35. The molecule has 84 valence electrons. The molecule has 0 radical (unpaired) electrons. The predicted molar refractivity (Wildman–Crippen MR) is 69.4 cm³/mol. The van der Waals surface area contributed by atoms with Crippen molar-refractivity contribution < 1.29 is 0 Å². The van der Waals surface area contributed by atoms with Crippen LogP contribution >= 0.6 is 11.8 Å².